The van der Waals surface area contributed by atoms with E-state index in [1.165, 1.54) is 250 Å². The van der Waals surface area contributed by atoms with Gasteiger partial charge in [0.25, 0.3) is 0 Å². The fourth-order valence-electron chi connectivity index (χ4n) is 7.93. The van der Waals surface area contributed by atoms with Crippen molar-refractivity contribution in [1.82, 2.24) is 6.15 Å². The minimum absolute atomic E-state index is 0. The van der Waals surface area contributed by atoms with Crippen LogP contribution in [0.25, 0.3) is 0 Å². The number of carbonyl (C=O) groups is 3. The Morgan fingerprint density at radius 3 is 0.532 bits per heavy atom. The third-order valence-electron chi connectivity index (χ3n) is 12.0. The molecule has 0 spiro atoms. The predicted octanol–water partition coefficient (Wildman–Crippen LogP) is 16.1. The fraction of sp³-hybridized carbons (Fsp3) is 0.944. The van der Waals surface area contributed by atoms with Crippen LogP contribution in [0.15, 0.2) is 0 Å². The molecule has 0 aromatic carbocycles. The second-order valence-electron chi connectivity index (χ2n) is 18.2. The Hall–Kier alpha value is -0.370. The van der Waals surface area contributed by atoms with Crippen molar-refractivity contribution in [2.24, 2.45) is 0 Å². The molecule has 368 valence electrons. The molecule has 0 unspecified atom stereocenters. The van der Waals surface area contributed by atoms with E-state index in [-0.39, 0.29) is 56.7 Å². The maximum Gasteiger partial charge on any atom is 2.00 e. The molecule has 0 rings (SSSR count). The summed E-state index contributed by atoms with van der Waals surface area (Å²) in [6.07, 6.45) is 59.9. The van der Waals surface area contributed by atoms with E-state index < -0.39 is 17.9 Å². The first-order valence-corrected chi connectivity index (χ1v) is 26.9. The molecule has 62 heavy (non-hydrogen) atoms. The van der Waals surface area contributed by atoms with Crippen molar-refractivity contribution in [3.8, 4) is 0 Å². The smallest absolute Gasteiger partial charge is 0.550 e. The van der Waals surface area contributed by atoms with Gasteiger partial charge in [0.2, 0.25) is 0 Å². The van der Waals surface area contributed by atoms with Crippen molar-refractivity contribution in [2.75, 3.05) is 0 Å². The summed E-state index contributed by atoms with van der Waals surface area (Å²) in [5.74, 6) is -2.46. The van der Waals surface area contributed by atoms with E-state index >= 15 is 0 Å². The van der Waals surface area contributed by atoms with Crippen molar-refractivity contribution >= 4 is 55.6 Å². The number of carbonyl (C=O) groups excluding carboxylic acids is 2. The van der Waals surface area contributed by atoms with Gasteiger partial charge < -0.3 is 31.1 Å². The summed E-state index contributed by atoms with van der Waals surface area (Å²) in [5.41, 5.74) is 0. The van der Waals surface area contributed by atoms with E-state index in [1.54, 1.807) is 0 Å². The zero-order valence-corrected chi connectivity index (χ0v) is 44.6. The van der Waals surface area contributed by atoms with Crippen molar-refractivity contribution in [3.63, 3.8) is 0 Å². The van der Waals surface area contributed by atoms with Gasteiger partial charge in [-0.2, -0.15) is 0 Å². The maximum absolute atomic E-state index is 10.3. The van der Waals surface area contributed by atoms with Crippen LogP contribution in [-0.4, -0.2) is 60.8 Å². The number of aliphatic carboxylic acids is 3. The van der Waals surface area contributed by atoms with E-state index in [1.807, 2.05) is 0 Å². The molecular weight excluding hydrogens is 799 g/mol. The Labute approximate surface area is 417 Å². The van der Waals surface area contributed by atoms with Crippen molar-refractivity contribution < 1.29 is 29.7 Å². The van der Waals surface area contributed by atoms with Gasteiger partial charge in [-0.3, -0.25) is 4.79 Å². The van der Waals surface area contributed by atoms with Gasteiger partial charge in [-0.05, 0) is 32.1 Å². The molecule has 0 saturated carbocycles. The SMILES string of the molecule is CCCCCCCCCCCCCCCCCC(=O)O.CCCCCCCCCCCCCCCCCC(=O)[O-].CCCCCCCCCCCCCCCCCC(=O)[O-].N.[Ca+2]. The first-order chi connectivity index (χ1) is 29.3. The molecule has 4 N–H and O–H groups in total. The van der Waals surface area contributed by atoms with Crippen LogP contribution in [-0.2, 0) is 14.4 Å². The molecular formula is C54H109CaNO6. The summed E-state index contributed by atoms with van der Waals surface area (Å²) >= 11 is 0. The Bertz CT molecular complexity index is 724. The molecule has 0 aliphatic heterocycles. The minimum Gasteiger partial charge on any atom is -0.550 e. The molecule has 8 heteroatoms. The van der Waals surface area contributed by atoms with Gasteiger partial charge in [0.15, 0.2) is 0 Å². The zero-order valence-electron chi connectivity index (χ0n) is 42.3. The summed E-state index contributed by atoms with van der Waals surface area (Å²) in [7, 11) is 0. The van der Waals surface area contributed by atoms with Crippen LogP contribution >= 0.6 is 0 Å². The van der Waals surface area contributed by atoms with Crippen LogP contribution < -0.4 is 16.4 Å². The van der Waals surface area contributed by atoms with E-state index in [0.29, 0.717) is 6.42 Å². The van der Waals surface area contributed by atoms with E-state index in [4.69, 9.17) is 5.11 Å². The first-order valence-electron chi connectivity index (χ1n) is 26.9. The van der Waals surface area contributed by atoms with E-state index in [9.17, 15) is 24.6 Å². The molecule has 0 saturated heterocycles. The number of hydrogen-bond donors (Lipinski definition) is 2. The molecule has 0 radical (unpaired) electrons. The Morgan fingerprint density at radius 1 is 0.274 bits per heavy atom. The van der Waals surface area contributed by atoms with Crippen LogP contribution in [0.4, 0.5) is 0 Å². The molecule has 0 atom stereocenters. The van der Waals surface area contributed by atoms with Gasteiger partial charge in [0.1, 0.15) is 0 Å². The standard InChI is InChI=1S/3C18H36O2.Ca.H3N/c3*1-2-3-4-5-6-7-8-9-10-11-12-13-14-15-16-17-18(19)20;;/h3*2-17H2,1H3,(H,19,20);;1H3/q;;;+2;/p-2. The molecule has 7 nitrogen and oxygen atoms in total. The summed E-state index contributed by atoms with van der Waals surface area (Å²) in [6, 6.07) is 0. The average Bonchev–Trinajstić information content (AvgIpc) is 3.22. The Balaban J connectivity index is -0.000000258. The largest absolute Gasteiger partial charge is 2.00 e. The Morgan fingerprint density at radius 2 is 0.403 bits per heavy atom. The van der Waals surface area contributed by atoms with E-state index in [0.717, 1.165) is 38.5 Å². The minimum atomic E-state index is -0.903. The molecule has 0 bridgehead atoms. The van der Waals surface area contributed by atoms with E-state index in [2.05, 4.69) is 20.8 Å². The third kappa shape index (κ3) is 80.0. The maximum atomic E-state index is 10.3. The van der Waals surface area contributed by atoms with Crippen molar-refractivity contribution in [3.05, 3.63) is 0 Å². The molecule has 0 aliphatic rings. The average molecular weight is 909 g/mol. The van der Waals surface area contributed by atoms with Gasteiger partial charge in [-0.1, -0.05) is 290 Å². The van der Waals surface area contributed by atoms with Crippen LogP contribution in [0, 0.1) is 0 Å². The zero-order chi connectivity index (χ0) is 44.7. The molecule has 0 fully saturated rings. The van der Waals surface area contributed by atoms with Crippen molar-refractivity contribution in [1.29, 1.82) is 0 Å². The van der Waals surface area contributed by atoms with Gasteiger partial charge >= 0.3 is 43.7 Å². The van der Waals surface area contributed by atoms with Gasteiger partial charge in [0, 0.05) is 18.4 Å². The summed E-state index contributed by atoms with van der Waals surface area (Å²) < 4.78 is 0. The molecule has 0 aromatic heterocycles. The monoisotopic (exact) mass is 908 g/mol. The number of rotatable bonds is 48. The van der Waals surface area contributed by atoms with Crippen LogP contribution in [0.5, 0.6) is 0 Å². The molecule has 0 aliphatic carbocycles. The summed E-state index contributed by atoms with van der Waals surface area (Å²) in [5, 5.41) is 29.0. The number of unbranched alkanes of at least 4 members (excludes halogenated alkanes) is 42. The van der Waals surface area contributed by atoms with Gasteiger partial charge in [-0.15, -0.1) is 0 Å². The van der Waals surface area contributed by atoms with Gasteiger partial charge in [0.05, 0.1) is 0 Å². The topological polar surface area (TPSA) is 153 Å². The molecule has 0 amide bonds. The number of carboxylic acids is 3. The molecule has 0 aromatic rings. The summed E-state index contributed by atoms with van der Waals surface area (Å²) in [6.45, 7) is 6.80. The van der Waals surface area contributed by atoms with Crippen LogP contribution in [0.3, 0.4) is 0 Å². The number of carboxylic acid groups (broad SMARTS) is 3. The predicted molar refractivity (Wildman–Crippen MR) is 267 cm³/mol. The van der Waals surface area contributed by atoms with Crippen molar-refractivity contribution in [2.45, 2.75) is 329 Å². The number of hydrogen-bond acceptors (Lipinski definition) is 6. The normalized spacial score (nSPS) is 10.5. The third-order valence-corrected chi connectivity index (χ3v) is 12.0. The second-order valence-corrected chi connectivity index (χ2v) is 18.2. The fourth-order valence-corrected chi connectivity index (χ4v) is 7.93. The molecule has 0 heterocycles. The summed E-state index contributed by atoms with van der Waals surface area (Å²) in [4.78, 5) is 30.8. The quantitative estimate of drug-likeness (QED) is 0.0455. The first kappa shape index (κ1) is 70.6. The van der Waals surface area contributed by atoms with Gasteiger partial charge in [-0.25, -0.2) is 0 Å². The van der Waals surface area contributed by atoms with Crippen LogP contribution in [0.1, 0.15) is 329 Å². The van der Waals surface area contributed by atoms with Crippen LogP contribution in [0.2, 0.25) is 0 Å². The Kier molecular flexibility index (Phi) is 76.6. The second kappa shape index (κ2) is 67.2.